The van der Waals surface area contributed by atoms with Crippen LogP contribution in [-0.4, -0.2) is 24.5 Å². The zero-order chi connectivity index (χ0) is 15.4. The van der Waals surface area contributed by atoms with Gasteiger partial charge in [-0.1, -0.05) is 12.1 Å². The van der Waals surface area contributed by atoms with Crippen molar-refractivity contribution in [3.8, 4) is 5.75 Å². The number of ether oxygens (including phenoxy) is 1. The fourth-order valence-corrected chi connectivity index (χ4v) is 3.03. The average Bonchev–Trinajstić information content (AvgIpc) is 3.23. The number of furan rings is 1. The molecule has 0 saturated carbocycles. The van der Waals surface area contributed by atoms with Crippen molar-refractivity contribution in [3.05, 3.63) is 54.0 Å². The molecule has 1 saturated heterocycles. The molecule has 2 aromatic rings. The Morgan fingerprint density at radius 1 is 1.32 bits per heavy atom. The summed E-state index contributed by atoms with van der Waals surface area (Å²) in [6.07, 6.45) is 4.99. The van der Waals surface area contributed by atoms with Gasteiger partial charge in [0.2, 0.25) is 5.91 Å². The fraction of sp³-hybridized carbons (Fsp3) is 0.389. The Labute approximate surface area is 130 Å². The Kier molecular flexibility index (Phi) is 4.47. The first-order valence-electron chi connectivity index (χ1n) is 7.74. The van der Waals surface area contributed by atoms with Crippen LogP contribution >= 0.6 is 0 Å². The third kappa shape index (κ3) is 3.16. The highest BCUT2D eigenvalue weighted by Gasteiger charge is 2.31. The van der Waals surface area contributed by atoms with Crippen molar-refractivity contribution in [3.63, 3.8) is 0 Å². The molecule has 0 radical (unpaired) electrons. The maximum Gasteiger partial charge on any atom is 0.223 e. The summed E-state index contributed by atoms with van der Waals surface area (Å²) < 4.78 is 10.6. The van der Waals surface area contributed by atoms with Gasteiger partial charge in [0.1, 0.15) is 11.5 Å². The summed E-state index contributed by atoms with van der Waals surface area (Å²) in [4.78, 5) is 14.5. The minimum absolute atomic E-state index is 0.110. The summed E-state index contributed by atoms with van der Waals surface area (Å²) in [6.45, 7) is 0.826. The summed E-state index contributed by atoms with van der Waals surface area (Å²) >= 11 is 0. The average molecular weight is 299 g/mol. The monoisotopic (exact) mass is 299 g/mol. The zero-order valence-electron chi connectivity index (χ0n) is 12.8. The van der Waals surface area contributed by atoms with Crippen LogP contribution in [0, 0.1) is 0 Å². The summed E-state index contributed by atoms with van der Waals surface area (Å²) in [5.74, 6) is 1.94. The normalized spacial score (nSPS) is 17.7. The van der Waals surface area contributed by atoms with E-state index < -0.39 is 0 Å². The van der Waals surface area contributed by atoms with Crippen molar-refractivity contribution in [2.24, 2.45) is 0 Å². The van der Waals surface area contributed by atoms with Gasteiger partial charge >= 0.3 is 0 Å². The van der Waals surface area contributed by atoms with Gasteiger partial charge in [-0.25, -0.2) is 0 Å². The molecule has 1 atom stereocenters. The molecule has 1 fully saturated rings. The maximum atomic E-state index is 12.5. The quantitative estimate of drug-likeness (QED) is 0.847. The van der Waals surface area contributed by atoms with E-state index in [2.05, 4.69) is 0 Å². The summed E-state index contributed by atoms with van der Waals surface area (Å²) in [7, 11) is 1.65. The molecular weight excluding hydrogens is 278 g/mol. The van der Waals surface area contributed by atoms with E-state index in [1.54, 1.807) is 13.4 Å². The summed E-state index contributed by atoms with van der Waals surface area (Å²) in [5.41, 5.74) is 1.16. The number of methoxy groups -OCH3 is 1. The van der Waals surface area contributed by atoms with Crippen LogP contribution in [-0.2, 0) is 11.2 Å². The van der Waals surface area contributed by atoms with Crippen molar-refractivity contribution in [1.82, 2.24) is 4.90 Å². The molecule has 3 rings (SSSR count). The lowest BCUT2D eigenvalue weighted by atomic mass is 10.1. The molecule has 0 N–H and O–H groups in total. The van der Waals surface area contributed by atoms with E-state index in [-0.39, 0.29) is 11.9 Å². The molecule has 1 amide bonds. The number of hydrogen-bond acceptors (Lipinski definition) is 3. The number of benzene rings is 1. The second kappa shape index (κ2) is 6.69. The Bertz CT molecular complexity index is 604. The van der Waals surface area contributed by atoms with Crippen molar-refractivity contribution in [2.45, 2.75) is 31.7 Å². The molecule has 0 spiro atoms. The van der Waals surface area contributed by atoms with Crippen LogP contribution in [0.1, 0.15) is 36.6 Å². The molecule has 22 heavy (non-hydrogen) atoms. The number of nitrogens with zero attached hydrogens (tertiary/aromatic N) is 1. The summed E-state index contributed by atoms with van der Waals surface area (Å²) in [5, 5.41) is 0. The number of aryl methyl sites for hydroxylation is 1. The highest BCUT2D eigenvalue weighted by Crippen LogP contribution is 2.32. The molecule has 0 aliphatic carbocycles. The predicted molar refractivity (Wildman–Crippen MR) is 83.7 cm³/mol. The van der Waals surface area contributed by atoms with Gasteiger partial charge < -0.3 is 14.1 Å². The molecule has 0 bridgehead atoms. The van der Waals surface area contributed by atoms with Crippen LogP contribution in [0.25, 0.3) is 0 Å². The zero-order valence-corrected chi connectivity index (χ0v) is 12.8. The largest absolute Gasteiger partial charge is 0.497 e. The number of hydrogen-bond donors (Lipinski definition) is 0. The minimum Gasteiger partial charge on any atom is -0.497 e. The van der Waals surface area contributed by atoms with Crippen LogP contribution < -0.4 is 4.74 Å². The first-order valence-corrected chi connectivity index (χ1v) is 7.74. The van der Waals surface area contributed by atoms with Crippen LogP contribution in [0.2, 0.25) is 0 Å². The number of amides is 1. The Morgan fingerprint density at radius 3 is 2.82 bits per heavy atom. The molecule has 1 aromatic carbocycles. The standard InChI is InChI=1S/C18H21NO3/c1-21-15-9-6-14(7-10-15)8-11-18(20)19-12-2-4-16(19)17-5-3-13-22-17/h3,5-7,9-10,13,16H,2,4,8,11-12H2,1H3. The number of carbonyl (C=O) groups is 1. The lowest BCUT2D eigenvalue weighted by molar-refractivity contribution is -0.132. The van der Waals surface area contributed by atoms with Gasteiger partial charge in [0.15, 0.2) is 0 Å². The molecule has 4 nitrogen and oxygen atoms in total. The second-order valence-corrected chi connectivity index (χ2v) is 5.61. The third-order valence-electron chi connectivity index (χ3n) is 4.23. The van der Waals surface area contributed by atoms with E-state index in [0.717, 1.165) is 42.9 Å². The van der Waals surface area contributed by atoms with E-state index >= 15 is 0 Å². The number of likely N-dealkylation sites (tertiary alicyclic amines) is 1. The van der Waals surface area contributed by atoms with Crippen LogP contribution in [0.3, 0.4) is 0 Å². The van der Waals surface area contributed by atoms with Gasteiger partial charge in [-0.05, 0) is 49.1 Å². The second-order valence-electron chi connectivity index (χ2n) is 5.61. The molecular formula is C18H21NO3. The van der Waals surface area contributed by atoms with Gasteiger partial charge in [-0.2, -0.15) is 0 Å². The van der Waals surface area contributed by atoms with Crippen LogP contribution in [0.5, 0.6) is 5.75 Å². The van der Waals surface area contributed by atoms with Gasteiger partial charge in [-0.15, -0.1) is 0 Å². The number of carbonyl (C=O) groups excluding carboxylic acids is 1. The minimum atomic E-state index is 0.110. The Hall–Kier alpha value is -2.23. The van der Waals surface area contributed by atoms with Gasteiger partial charge in [0.05, 0.1) is 19.4 Å². The highest BCUT2D eigenvalue weighted by atomic mass is 16.5. The molecule has 1 aromatic heterocycles. The summed E-state index contributed by atoms with van der Waals surface area (Å²) in [6, 6.07) is 11.8. The van der Waals surface area contributed by atoms with E-state index in [1.807, 2.05) is 41.3 Å². The SMILES string of the molecule is COc1ccc(CCC(=O)N2CCCC2c2ccco2)cc1. The van der Waals surface area contributed by atoms with Gasteiger partial charge in [-0.3, -0.25) is 4.79 Å². The van der Waals surface area contributed by atoms with Crippen LogP contribution in [0.4, 0.5) is 0 Å². The maximum absolute atomic E-state index is 12.5. The fourth-order valence-electron chi connectivity index (χ4n) is 3.03. The smallest absolute Gasteiger partial charge is 0.223 e. The highest BCUT2D eigenvalue weighted by molar-refractivity contribution is 5.77. The van der Waals surface area contributed by atoms with Crippen molar-refractivity contribution < 1.29 is 13.9 Å². The molecule has 1 unspecified atom stereocenters. The van der Waals surface area contributed by atoms with Crippen molar-refractivity contribution >= 4 is 5.91 Å². The molecule has 116 valence electrons. The van der Waals surface area contributed by atoms with Gasteiger partial charge in [0.25, 0.3) is 0 Å². The topological polar surface area (TPSA) is 42.7 Å². The van der Waals surface area contributed by atoms with Gasteiger partial charge in [0, 0.05) is 13.0 Å². The van der Waals surface area contributed by atoms with E-state index in [9.17, 15) is 4.79 Å². The third-order valence-corrected chi connectivity index (χ3v) is 4.23. The molecule has 4 heteroatoms. The lowest BCUT2D eigenvalue weighted by Gasteiger charge is -2.23. The molecule has 1 aliphatic heterocycles. The van der Waals surface area contributed by atoms with E-state index in [1.165, 1.54) is 0 Å². The molecule has 1 aliphatic rings. The predicted octanol–water partition coefficient (Wildman–Crippen LogP) is 3.58. The molecule has 2 heterocycles. The first kappa shape index (κ1) is 14.7. The van der Waals surface area contributed by atoms with Crippen LogP contribution in [0.15, 0.2) is 47.1 Å². The lowest BCUT2D eigenvalue weighted by Crippen LogP contribution is -2.30. The Balaban J connectivity index is 1.59. The Morgan fingerprint density at radius 2 is 2.14 bits per heavy atom. The van der Waals surface area contributed by atoms with Crippen molar-refractivity contribution in [1.29, 1.82) is 0 Å². The van der Waals surface area contributed by atoms with E-state index in [0.29, 0.717) is 6.42 Å². The first-order chi connectivity index (χ1) is 10.8. The number of rotatable bonds is 5. The van der Waals surface area contributed by atoms with E-state index in [4.69, 9.17) is 9.15 Å². The van der Waals surface area contributed by atoms with Crippen molar-refractivity contribution in [2.75, 3.05) is 13.7 Å².